The summed E-state index contributed by atoms with van der Waals surface area (Å²) in [5, 5.41) is 17.3. The molecule has 0 bridgehead atoms. The summed E-state index contributed by atoms with van der Waals surface area (Å²) in [6, 6.07) is 7.04. The van der Waals surface area contributed by atoms with E-state index in [9.17, 15) is 5.11 Å². The molecule has 0 atom stereocenters. The van der Waals surface area contributed by atoms with Crippen molar-refractivity contribution in [3.05, 3.63) is 29.8 Å². The first kappa shape index (κ1) is 12.6. The lowest BCUT2D eigenvalue weighted by Gasteiger charge is -2.15. The molecule has 0 saturated heterocycles. The van der Waals surface area contributed by atoms with Crippen LogP contribution in [0.5, 0.6) is 5.75 Å². The molecule has 0 aliphatic carbocycles. The predicted octanol–water partition coefficient (Wildman–Crippen LogP) is 3.32. The van der Waals surface area contributed by atoms with Gasteiger partial charge in [0.15, 0.2) is 5.90 Å². The molecule has 0 radical (unpaired) electrons. The second-order valence-corrected chi connectivity index (χ2v) is 3.80. The van der Waals surface area contributed by atoms with E-state index in [4.69, 9.17) is 10.1 Å². The van der Waals surface area contributed by atoms with Crippen LogP contribution in [0.1, 0.15) is 32.3 Å². The average Bonchev–Trinajstić information content (AvgIpc) is 2.29. The molecule has 0 amide bonds. The third-order valence-corrected chi connectivity index (χ3v) is 2.73. The maximum Gasteiger partial charge on any atom is 0.183 e. The largest absolute Gasteiger partial charge is 0.508 e. The topological polar surface area (TPSA) is 53.3 Å². The first-order valence-electron chi connectivity index (χ1n) is 5.67. The molecular weight excluding hydrogens is 202 g/mol. The van der Waals surface area contributed by atoms with Crippen LogP contribution in [0.15, 0.2) is 24.3 Å². The molecule has 16 heavy (non-hydrogen) atoms. The number of phenolic OH excluding ortho intramolecular Hbond substituents is 1. The third-order valence-electron chi connectivity index (χ3n) is 2.73. The highest BCUT2D eigenvalue weighted by molar-refractivity contribution is 5.75. The number of benzene rings is 1. The number of ether oxygens (including phenoxy) is 1. The van der Waals surface area contributed by atoms with E-state index in [-0.39, 0.29) is 18.3 Å². The van der Waals surface area contributed by atoms with Gasteiger partial charge in [-0.05, 0) is 18.9 Å². The minimum absolute atomic E-state index is 0.186. The van der Waals surface area contributed by atoms with Gasteiger partial charge in [0.2, 0.25) is 0 Å². The molecule has 1 aromatic carbocycles. The van der Waals surface area contributed by atoms with E-state index < -0.39 is 0 Å². The molecule has 0 aliphatic rings. The van der Waals surface area contributed by atoms with Gasteiger partial charge in [-0.25, -0.2) is 0 Å². The highest BCUT2D eigenvalue weighted by Gasteiger charge is 2.12. The monoisotopic (exact) mass is 221 g/mol. The van der Waals surface area contributed by atoms with Gasteiger partial charge < -0.3 is 9.84 Å². The Labute approximate surface area is 96.6 Å². The van der Waals surface area contributed by atoms with Crippen LogP contribution in [0.25, 0.3) is 0 Å². The number of para-hydroxylation sites is 1. The molecule has 0 unspecified atom stereocenters. The number of rotatable bonds is 5. The standard InChI is InChI=1S/C13H19NO2/c1-3-10(4-2)13(14)16-9-11-7-5-6-8-12(11)15/h5-8,10,14-15H,3-4,9H2,1-2H3. The molecule has 0 heterocycles. The van der Waals surface area contributed by atoms with E-state index in [2.05, 4.69) is 0 Å². The highest BCUT2D eigenvalue weighted by atomic mass is 16.5. The Morgan fingerprint density at radius 3 is 2.50 bits per heavy atom. The molecule has 88 valence electrons. The van der Waals surface area contributed by atoms with E-state index in [0.717, 1.165) is 18.4 Å². The minimum atomic E-state index is 0.186. The fourth-order valence-electron chi connectivity index (χ4n) is 1.57. The summed E-state index contributed by atoms with van der Waals surface area (Å²) in [5.41, 5.74) is 0.721. The van der Waals surface area contributed by atoms with E-state index in [1.807, 2.05) is 19.9 Å². The lowest BCUT2D eigenvalue weighted by Crippen LogP contribution is -2.15. The van der Waals surface area contributed by atoms with Gasteiger partial charge in [0.05, 0.1) is 0 Å². The molecule has 3 heteroatoms. The zero-order valence-corrected chi connectivity index (χ0v) is 9.86. The number of aromatic hydroxyl groups is 1. The minimum Gasteiger partial charge on any atom is -0.508 e. The van der Waals surface area contributed by atoms with Crippen molar-refractivity contribution in [1.29, 1.82) is 5.41 Å². The molecule has 1 aromatic rings. The van der Waals surface area contributed by atoms with Gasteiger partial charge in [-0.1, -0.05) is 32.0 Å². The van der Waals surface area contributed by atoms with Gasteiger partial charge in [-0.15, -0.1) is 0 Å². The van der Waals surface area contributed by atoms with Crippen molar-refractivity contribution in [3.63, 3.8) is 0 Å². The Morgan fingerprint density at radius 2 is 1.94 bits per heavy atom. The van der Waals surface area contributed by atoms with Crippen molar-refractivity contribution >= 4 is 5.90 Å². The molecule has 2 N–H and O–H groups in total. The van der Waals surface area contributed by atoms with Crippen LogP contribution in [0.2, 0.25) is 0 Å². The predicted molar refractivity (Wildman–Crippen MR) is 64.7 cm³/mol. The quantitative estimate of drug-likeness (QED) is 0.592. The lowest BCUT2D eigenvalue weighted by molar-refractivity contribution is 0.257. The molecule has 0 aliphatic heterocycles. The summed E-state index contributed by atoms with van der Waals surface area (Å²) in [7, 11) is 0. The lowest BCUT2D eigenvalue weighted by atomic mass is 10.0. The highest BCUT2D eigenvalue weighted by Crippen LogP contribution is 2.18. The van der Waals surface area contributed by atoms with Crippen molar-refractivity contribution in [3.8, 4) is 5.75 Å². The smallest absolute Gasteiger partial charge is 0.183 e. The van der Waals surface area contributed by atoms with Crippen LogP contribution in [0.4, 0.5) is 0 Å². The SMILES string of the molecule is CCC(CC)C(=N)OCc1ccccc1O. The van der Waals surface area contributed by atoms with Crippen molar-refractivity contribution in [1.82, 2.24) is 0 Å². The third kappa shape index (κ3) is 3.26. The fourth-order valence-corrected chi connectivity index (χ4v) is 1.57. The van der Waals surface area contributed by atoms with Crippen LogP contribution in [0, 0.1) is 11.3 Å². The number of phenols is 1. The molecule has 0 saturated carbocycles. The van der Waals surface area contributed by atoms with E-state index in [1.54, 1.807) is 18.2 Å². The Kier molecular flexibility index (Phi) is 4.83. The van der Waals surface area contributed by atoms with Crippen LogP contribution < -0.4 is 0 Å². The van der Waals surface area contributed by atoms with Crippen LogP contribution in [-0.4, -0.2) is 11.0 Å². The van der Waals surface area contributed by atoms with E-state index in [0.29, 0.717) is 5.90 Å². The summed E-state index contributed by atoms with van der Waals surface area (Å²) in [5.74, 6) is 0.721. The van der Waals surface area contributed by atoms with Gasteiger partial charge in [0, 0.05) is 11.5 Å². The zero-order chi connectivity index (χ0) is 12.0. The molecule has 0 spiro atoms. The van der Waals surface area contributed by atoms with Gasteiger partial charge in [-0.2, -0.15) is 0 Å². The summed E-state index contributed by atoms with van der Waals surface area (Å²) >= 11 is 0. The van der Waals surface area contributed by atoms with E-state index in [1.165, 1.54) is 0 Å². The van der Waals surface area contributed by atoms with Crippen molar-refractivity contribution < 1.29 is 9.84 Å². The Morgan fingerprint density at radius 1 is 1.31 bits per heavy atom. The Balaban J connectivity index is 2.52. The maximum absolute atomic E-state index is 9.53. The summed E-state index contributed by atoms with van der Waals surface area (Å²) in [6.07, 6.45) is 1.83. The molecule has 3 nitrogen and oxygen atoms in total. The van der Waals surface area contributed by atoms with Crippen molar-refractivity contribution in [2.75, 3.05) is 0 Å². The molecule has 1 rings (SSSR count). The summed E-state index contributed by atoms with van der Waals surface area (Å²) in [6.45, 7) is 4.36. The van der Waals surface area contributed by atoms with Crippen molar-refractivity contribution in [2.24, 2.45) is 5.92 Å². The number of nitrogens with one attached hydrogen (secondary N) is 1. The Hall–Kier alpha value is -1.51. The number of hydrogen-bond acceptors (Lipinski definition) is 3. The van der Waals surface area contributed by atoms with Gasteiger partial charge in [0.1, 0.15) is 12.4 Å². The fraction of sp³-hybridized carbons (Fsp3) is 0.462. The van der Waals surface area contributed by atoms with Crippen LogP contribution in [-0.2, 0) is 11.3 Å². The molecule has 0 fully saturated rings. The second-order valence-electron chi connectivity index (χ2n) is 3.80. The van der Waals surface area contributed by atoms with Crippen LogP contribution in [0.3, 0.4) is 0 Å². The average molecular weight is 221 g/mol. The number of hydrogen-bond donors (Lipinski definition) is 2. The normalized spacial score (nSPS) is 10.4. The molecule has 0 aromatic heterocycles. The van der Waals surface area contributed by atoms with Gasteiger partial charge >= 0.3 is 0 Å². The Bertz CT molecular complexity index is 346. The molecular formula is C13H19NO2. The zero-order valence-electron chi connectivity index (χ0n) is 9.86. The first-order valence-corrected chi connectivity index (χ1v) is 5.67. The van der Waals surface area contributed by atoms with E-state index >= 15 is 0 Å². The summed E-state index contributed by atoms with van der Waals surface area (Å²) in [4.78, 5) is 0. The van der Waals surface area contributed by atoms with Gasteiger partial charge in [-0.3, -0.25) is 5.41 Å². The first-order chi connectivity index (χ1) is 7.69. The van der Waals surface area contributed by atoms with Crippen molar-refractivity contribution in [2.45, 2.75) is 33.3 Å². The second kappa shape index (κ2) is 6.16. The van der Waals surface area contributed by atoms with Gasteiger partial charge in [0.25, 0.3) is 0 Å². The van der Waals surface area contributed by atoms with Crippen LogP contribution >= 0.6 is 0 Å². The maximum atomic E-state index is 9.53. The summed E-state index contributed by atoms with van der Waals surface area (Å²) < 4.78 is 5.38.